The van der Waals surface area contributed by atoms with Gasteiger partial charge < -0.3 is 5.32 Å². The van der Waals surface area contributed by atoms with Crippen LogP contribution < -0.4 is 5.32 Å². The molecule has 0 aliphatic rings. The molecule has 0 aliphatic heterocycles. The van der Waals surface area contributed by atoms with Crippen molar-refractivity contribution in [2.45, 2.75) is 46.1 Å². The van der Waals surface area contributed by atoms with Gasteiger partial charge in [-0.05, 0) is 37.6 Å². The van der Waals surface area contributed by atoms with Gasteiger partial charge in [-0.1, -0.05) is 44.4 Å². The van der Waals surface area contributed by atoms with Gasteiger partial charge in [-0.3, -0.25) is 4.98 Å². The Morgan fingerprint density at radius 1 is 1.11 bits per heavy atom. The van der Waals surface area contributed by atoms with Crippen LogP contribution in [-0.2, 0) is 6.54 Å². The number of pyridine rings is 1. The Morgan fingerprint density at radius 2 is 1.95 bits per heavy atom. The molecule has 19 heavy (non-hydrogen) atoms. The fourth-order valence-corrected chi connectivity index (χ4v) is 2.44. The van der Waals surface area contributed by atoms with Gasteiger partial charge in [0.25, 0.3) is 0 Å². The molecule has 1 heterocycles. The molecule has 2 rings (SSSR count). The monoisotopic (exact) mass is 256 g/mol. The molecule has 1 N–H and O–H groups in total. The molecule has 0 spiro atoms. The van der Waals surface area contributed by atoms with Gasteiger partial charge in [-0.15, -0.1) is 0 Å². The first kappa shape index (κ1) is 14.0. The summed E-state index contributed by atoms with van der Waals surface area (Å²) in [6.45, 7) is 6.36. The molecule has 0 radical (unpaired) electrons. The number of hydrogen-bond donors (Lipinski definition) is 1. The van der Waals surface area contributed by atoms with Crippen molar-refractivity contribution in [1.82, 2.24) is 10.3 Å². The van der Waals surface area contributed by atoms with E-state index in [0.717, 1.165) is 24.3 Å². The molecule has 0 bridgehead atoms. The zero-order chi connectivity index (χ0) is 13.5. The molecular formula is C17H24N2. The summed E-state index contributed by atoms with van der Waals surface area (Å²) in [6.07, 6.45) is 5.25. The highest BCUT2D eigenvalue weighted by molar-refractivity contribution is 5.82. The maximum atomic E-state index is 4.58. The maximum Gasteiger partial charge on any atom is 0.0708 e. The number of fused-ring (bicyclic) bond motifs is 1. The first-order chi connectivity index (χ1) is 9.31. The summed E-state index contributed by atoms with van der Waals surface area (Å²) in [4.78, 5) is 4.58. The summed E-state index contributed by atoms with van der Waals surface area (Å²) in [6, 6.07) is 10.6. The van der Waals surface area contributed by atoms with E-state index < -0.39 is 0 Å². The van der Waals surface area contributed by atoms with Crippen LogP contribution in [0.15, 0.2) is 30.3 Å². The lowest BCUT2D eigenvalue weighted by Crippen LogP contribution is -2.15. The van der Waals surface area contributed by atoms with Gasteiger partial charge in [0.05, 0.1) is 5.52 Å². The van der Waals surface area contributed by atoms with Gasteiger partial charge in [0.15, 0.2) is 0 Å². The van der Waals surface area contributed by atoms with Crippen LogP contribution in [-0.4, -0.2) is 11.5 Å². The summed E-state index contributed by atoms with van der Waals surface area (Å²) in [5, 5.41) is 4.82. The summed E-state index contributed by atoms with van der Waals surface area (Å²) in [7, 11) is 0. The van der Waals surface area contributed by atoms with Gasteiger partial charge in [0.2, 0.25) is 0 Å². The SMILES string of the molecule is CCCCCCNCc1cc(C)nc2ccccc12. The molecule has 0 saturated carbocycles. The molecule has 0 unspecified atom stereocenters. The summed E-state index contributed by atoms with van der Waals surface area (Å²) in [5.41, 5.74) is 3.56. The smallest absolute Gasteiger partial charge is 0.0708 e. The van der Waals surface area contributed by atoms with E-state index in [-0.39, 0.29) is 0 Å². The first-order valence-corrected chi connectivity index (χ1v) is 7.37. The predicted octanol–water partition coefficient (Wildman–Crippen LogP) is 4.21. The number of aromatic nitrogens is 1. The Balaban J connectivity index is 1.96. The summed E-state index contributed by atoms with van der Waals surface area (Å²) < 4.78 is 0. The van der Waals surface area contributed by atoms with Crippen LogP contribution in [0.2, 0.25) is 0 Å². The Labute approximate surface area is 116 Å². The topological polar surface area (TPSA) is 24.9 Å². The van der Waals surface area contributed by atoms with E-state index >= 15 is 0 Å². The van der Waals surface area contributed by atoms with Gasteiger partial charge >= 0.3 is 0 Å². The molecule has 2 heteroatoms. The van der Waals surface area contributed by atoms with Crippen molar-refractivity contribution in [3.05, 3.63) is 41.6 Å². The molecule has 1 aromatic heterocycles. The molecule has 0 aliphatic carbocycles. The minimum Gasteiger partial charge on any atom is -0.313 e. The van der Waals surface area contributed by atoms with Crippen molar-refractivity contribution in [3.63, 3.8) is 0 Å². The molecule has 102 valence electrons. The van der Waals surface area contributed by atoms with Crippen LogP contribution >= 0.6 is 0 Å². The number of para-hydroxylation sites is 1. The van der Waals surface area contributed by atoms with Crippen molar-refractivity contribution < 1.29 is 0 Å². The Morgan fingerprint density at radius 3 is 2.79 bits per heavy atom. The number of nitrogens with zero attached hydrogens (tertiary/aromatic N) is 1. The van der Waals surface area contributed by atoms with E-state index in [4.69, 9.17) is 0 Å². The minimum atomic E-state index is 0.940. The summed E-state index contributed by atoms with van der Waals surface area (Å²) in [5.74, 6) is 0. The maximum absolute atomic E-state index is 4.58. The van der Waals surface area contributed by atoms with Gasteiger partial charge in [-0.2, -0.15) is 0 Å². The van der Waals surface area contributed by atoms with Crippen LogP contribution in [0.25, 0.3) is 10.9 Å². The Hall–Kier alpha value is -1.41. The highest BCUT2D eigenvalue weighted by Crippen LogP contribution is 2.17. The number of hydrogen-bond acceptors (Lipinski definition) is 2. The zero-order valence-electron chi connectivity index (χ0n) is 12.1. The van der Waals surface area contributed by atoms with Crippen LogP contribution in [0, 0.1) is 6.92 Å². The molecule has 1 aromatic carbocycles. The van der Waals surface area contributed by atoms with Crippen LogP contribution in [0.5, 0.6) is 0 Å². The van der Waals surface area contributed by atoms with Gasteiger partial charge in [-0.25, -0.2) is 0 Å². The zero-order valence-corrected chi connectivity index (χ0v) is 12.1. The van der Waals surface area contributed by atoms with E-state index in [1.807, 2.05) is 0 Å². The van der Waals surface area contributed by atoms with Crippen molar-refractivity contribution >= 4 is 10.9 Å². The standard InChI is InChI=1S/C17H24N2/c1-3-4-5-8-11-18-13-15-12-14(2)19-17-10-7-6-9-16(15)17/h6-7,9-10,12,18H,3-5,8,11,13H2,1-2H3. The van der Waals surface area contributed by atoms with E-state index in [1.165, 1.54) is 36.6 Å². The number of benzene rings is 1. The van der Waals surface area contributed by atoms with Gasteiger partial charge in [0.1, 0.15) is 0 Å². The molecule has 2 nitrogen and oxygen atoms in total. The highest BCUT2D eigenvalue weighted by Gasteiger charge is 2.02. The largest absolute Gasteiger partial charge is 0.313 e. The van der Waals surface area contributed by atoms with Crippen LogP contribution in [0.1, 0.15) is 43.9 Å². The fraction of sp³-hybridized carbons (Fsp3) is 0.471. The van der Waals surface area contributed by atoms with Gasteiger partial charge in [0, 0.05) is 17.6 Å². The van der Waals surface area contributed by atoms with E-state index in [0.29, 0.717) is 0 Å². The predicted molar refractivity (Wildman–Crippen MR) is 82.3 cm³/mol. The van der Waals surface area contributed by atoms with Crippen molar-refractivity contribution in [2.24, 2.45) is 0 Å². The Bertz CT molecular complexity index is 520. The average Bonchev–Trinajstić information content (AvgIpc) is 2.42. The average molecular weight is 256 g/mol. The van der Waals surface area contributed by atoms with Crippen molar-refractivity contribution in [1.29, 1.82) is 0 Å². The van der Waals surface area contributed by atoms with E-state index in [9.17, 15) is 0 Å². The lowest BCUT2D eigenvalue weighted by Gasteiger charge is -2.09. The van der Waals surface area contributed by atoms with E-state index in [2.05, 4.69) is 54.5 Å². The lowest BCUT2D eigenvalue weighted by molar-refractivity contribution is 0.599. The van der Waals surface area contributed by atoms with Crippen molar-refractivity contribution in [2.75, 3.05) is 6.54 Å². The first-order valence-electron chi connectivity index (χ1n) is 7.37. The molecule has 2 aromatic rings. The summed E-state index contributed by atoms with van der Waals surface area (Å²) >= 11 is 0. The van der Waals surface area contributed by atoms with Crippen LogP contribution in [0.4, 0.5) is 0 Å². The van der Waals surface area contributed by atoms with Crippen molar-refractivity contribution in [3.8, 4) is 0 Å². The third-order valence-corrected chi connectivity index (χ3v) is 3.45. The normalized spacial score (nSPS) is 11.1. The lowest BCUT2D eigenvalue weighted by atomic mass is 10.1. The van der Waals surface area contributed by atoms with E-state index in [1.54, 1.807) is 0 Å². The quantitative estimate of drug-likeness (QED) is 0.750. The highest BCUT2D eigenvalue weighted by atomic mass is 14.8. The fourth-order valence-electron chi connectivity index (χ4n) is 2.44. The number of nitrogens with one attached hydrogen (secondary N) is 1. The number of aryl methyl sites for hydroxylation is 1. The van der Waals surface area contributed by atoms with Crippen LogP contribution in [0.3, 0.4) is 0 Å². The molecule has 0 saturated heterocycles. The minimum absolute atomic E-state index is 0.940. The molecule has 0 atom stereocenters. The molecule has 0 amide bonds. The second kappa shape index (κ2) is 7.25. The number of unbranched alkanes of at least 4 members (excludes halogenated alkanes) is 3. The third-order valence-electron chi connectivity index (χ3n) is 3.45. The number of rotatable bonds is 7. The molecule has 0 fully saturated rings. The second-order valence-corrected chi connectivity index (χ2v) is 5.18. The third kappa shape index (κ3) is 4.03. The molecular weight excluding hydrogens is 232 g/mol. The second-order valence-electron chi connectivity index (χ2n) is 5.18. The Kier molecular flexibility index (Phi) is 5.34.